The maximum absolute atomic E-state index is 13.6. The Morgan fingerprint density at radius 1 is 1.00 bits per heavy atom. The summed E-state index contributed by atoms with van der Waals surface area (Å²) in [5.74, 6) is -1.99. The highest BCUT2D eigenvalue weighted by Crippen LogP contribution is 2.44. The van der Waals surface area contributed by atoms with Crippen molar-refractivity contribution in [2.75, 3.05) is 30.5 Å². The van der Waals surface area contributed by atoms with Crippen molar-refractivity contribution in [2.45, 2.75) is 33.4 Å². The molecule has 1 aliphatic heterocycles. The zero-order valence-electron chi connectivity index (χ0n) is 25.2. The van der Waals surface area contributed by atoms with Crippen molar-refractivity contribution < 1.29 is 29.0 Å². The molecule has 1 saturated heterocycles. The molecule has 1 aromatic heterocycles. The number of benzene rings is 3. The molecule has 0 saturated carbocycles. The highest BCUT2D eigenvalue weighted by Gasteiger charge is 2.48. The summed E-state index contributed by atoms with van der Waals surface area (Å²) in [6.45, 7) is 5.93. The Morgan fingerprint density at radius 2 is 1.68 bits per heavy atom. The first-order valence-electron chi connectivity index (χ1n) is 14.1. The number of hydrogen-bond donors (Lipinski definition) is 1. The molecule has 0 radical (unpaired) electrons. The number of rotatable bonds is 9. The van der Waals surface area contributed by atoms with Gasteiger partial charge < -0.3 is 19.5 Å². The number of ether oxygens (including phenoxy) is 2. The lowest BCUT2D eigenvalue weighted by atomic mass is 9.95. The molecule has 2 heterocycles. The molecule has 0 aliphatic carbocycles. The summed E-state index contributed by atoms with van der Waals surface area (Å²) in [6.07, 6.45) is 0. The van der Waals surface area contributed by atoms with E-state index in [-0.39, 0.29) is 27.9 Å². The molecule has 0 spiro atoms. The number of aliphatic hydroxyl groups is 1. The minimum absolute atomic E-state index is 0.0771. The molecule has 226 valence electrons. The van der Waals surface area contributed by atoms with Gasteiger partial charge in [-0.15, -0.1) is 0 Å². The molecule has 1 unspecified atom stereocenters. The van der Waals surface area contributed by atoms with Crippen LogP contribution in [0.25, 0.3) is 5.76 Å². The monoisotopic (exact) mass is 611 g/mol. The Kier molecular flexibility index (Phi) is 8.82. The predicted molar refractivity (Wildman–Crippen MR) is 170 cm³/mol. The molecular formula is C34H33N3O6S. The molecule has 9 nitrogen and oxygen atoms in total. The zero-order chi connectivity index (χ0) is 31.5. The van der Waals surface area contributed by atoms with Gasteiger partial charge in [0.2, 0.25) is 0 Å². The van der Waals surface area contributed by atoms with E-state index in [0.29, 0.717) is 29.2 Å². The highest BCUT2D eigenvalue weighted by molar-refractivity contribution is 7.17. The number of aryl methyl sites for hydroxylation is 2. The Morgan fingerprint density at radius 3 is 2.32 bits per heavy atom. The van der Waals surface area contributed by atoms with Crippen molar-refractivity contribution in [1.82, 2.24) is 4.98 Å². The van der Waals surface area contributed by atoms with Crippen molar-refractivity contribution in [3.8, 4) is 5.75 Å². The lowest BCUT2D eigenvalue weighted by Gasteiger charge is -2.23. The van der Waals surface area contributed by atoms with Crippen LogP contribution in [0.1, 0.15) is 50.6 Å². The minimum Gasteiger partial charge on any atom is -0.507 e. The van der Waals surface area contributed by atoms with Crippen LogP contribution in [0.5, 0.6) is 5.75 Å². The second-order valence-corrected chi connectivity index (χ2v) is 11.5. The molecule has 1 aliphatic rings. The Balaban J connectivity index is 1.54. The van der Waals surface area contributed by atoms with Crippen molar-refractivity contribution in [3.05, 3.63) is 111 Å². The number of esters is 1. The van der Waals surface area contributed by atoms with Crippen molar-refractivity contribution in [2.24, 2.45) is 0 Å². The van der Waals surface area contributed by atoms with E-state index < -0.39 is 23.7 Å². The lowest BCUT2D eigenvalue weighted by molar-refractivity contribution is -0.132. The molecule has 1 atom stereocenters. The van der Waals surface area contributed by atoms with Crippen LogP contribution >= 0.6 is 11.3 Å². The molecule has 5 rings (SSSR count). The topological polar surface area (TPSA) is 109 Å². The quantitative estimate of drug-likeness (QED) is 0.103. The molecule has 1 N–H and O–H groups in total. The highest BCUT2D eigenvalue weighted by atomic mass is 32.1. The summed E-state index contributed by atoms with van der Waals surface area (Å²) < 4.78 is 11.1. The first-order chi connectivity index (χ1) is 21.1. The summed E-state index contributed by atoms with van der Waals surface area (Å²) in [7, 11) is 3.81. The summed E-state index contributed by atoms with van der Waals surface area (Å²) >= 11 is 0.971. The smallest absolute Gasteiger partial charge is 0.350 e. The van der Waals surface area contributed by atoms with E-state index in [2.05, 4.69) is 4.98 Å². The normalized spacial score (nSPS) is 15.8. The van der Waals surface area contributed by atoms with Crippen LogP contribution in [-0.2, 0) is 20.9 Å². The molecule has 10 heteroatoms. The van der Waals surface area contributed by atoms with Crippen molar-refractivity contribution >= 4 is 45.6 Å². The molecule has 4 aromatic rings. The van der Waals surface area contributed by atoms with E-state index in [1.165, 1.54) is 4.90 Å². The zero-order valence-corrected chi connectivity index (χ0v) is 26.0. The number of carbonyl (C=O) groups excluding carboxylic acids is 3. The van der Waals surface area contributed by atoms with Gasteiger partial charge in [0.1, 0.15) is 23.0 Å². The SMILES string of the molecule is CCOC(=O)c1sc(N2C(=O)C(=O)C(=C(O)c3ccc(OCc4ccccc4C)cc3)C2c2ccc(N(C)C)cc2)nc1C. The average molecular weight is 612 g/mol. The van der Waals surface area contributed by atoms with Crippen molar-refractivity contribution in [1.29, 1.82) is 0 Å². The number of anilines is 2. The number of ketones is 1. The van der Waals surface area contributed by atoms with Gasteiger partial charge in [-0.05, 0) is 73.9 Å². The number of Topliss-reactive ketones (excluding diaryl/α,β-unsaturated/α-hetero) is 1. The van der Waals surface area contributed by atoms with E-state index in [1.54, 1.807) is 50.2 Å². The minimum atomic E-state index is -0.983. The average Bonchev–Trinajstić information content (AvgIpc) is 3.53. The predicted octanol–water partition coefficient (Wildman–Crippen LogP) is 6.21. The maximum Gasteiger partial charge on any atom is 0.350 e. The summed E-state index contributed by atoms with van der Waals surface area (Å²) in [5.41, 5.74) is 4.35. The van der Waals surface area contributed by atoms with Crippen LogP contribution in [0.3, 0.4) is 0 Å². The van der Waals surface area contributed by atoms with Crippen LogP contribution in [0, 0.1) is 13.8 Å². The largest absolute Gasteiger partial charge is 0.507 e. The second-order valence-electron chi connectivity index (χ2n) is 10.5. The third-order valence-electron chi connectivity index (χ3n) is 7.41. The summed E-state index contributed by atoms with van der Waals surface area (Å²) in [6, 6.07) is 21.0. The number of thiazole rings is 1. The van der Waals surface area contributed by atoms with Gasteiger partial charge in [-0.1, -0.05) is 47.7 Å². The van der Waals surface area contributed by atoms with Crippen LogP contribution < -0.4 is 14.5 Å². The van der Waals surface area contributed by atoms with E-state index >= 15 is 0 Å². The van der Waals surface area contributed by atoms with E-state index in [4.69, 9.17) is 9.47 Å². The fourth-order valence-electron chi connectivity index (χ4n) is 4.97. The molecule has 44 heavy (non-hydrogen) atoms. The maximum atomic E-state index is 13.6. The third kappa shape index (κ3) is 5.93. The second kappa shape index (κ2) is 12.7. The molecule has 1 amide bonds. The first kappa shape index (κ1) is 30.5. The Bertz CT molecular complexity index is 1740. The Hall–Kier alpha value is -4.96. The van der Waals surface area contributed by atoms with E-state index in [0.717, 1.165) is 28.2 Å². The van der Waals surface area contributed by atoms with Crippen LogP contribution in [0.2, 0.25) is 0 Å². The Labute approximate surface area is 260 Å². The molecular weight excluding hydrogens is 578 g/mol. The van der Waals surface area contributed by atoms with Gasteiger partial charge in [0.05, 0.1) is 23.9 Å². The third-order valence-corrected chi connectivity index (χ3v) is 8.54. The lowest BCUT2D eigenvalue weighted by Crippen LogP contribution is -2.29. The van der Waals surface area contributed by atoms with Crippen molar-refractivity contribution in [3.63, 3.8) is 0 Å². The van der Waals surface area contributed by atoms with Gasteiger partial charge in [0, 0.05) is 25.3 Å². The number of carbonyl (C=O) groups is 3. The van der Waals surface area contributed by atoms with Crippen LogP contribution in [0.4, 0.5) is 10.8 Å². The molecule has 3 aromatic carbocycles. The number of aromatic nitrogens is 1. The van der Waals surface area contributed by atoms with Gasteiger partial charge in [-0.25, -0.2) is 9.78 Å². The van der Waals surface area contributed by atoms with E-state index in [1.807, 2.05) is 62.3 Å². The van der Waals surface area contributed by atoms with Gasteiger partial charge in [0.15, 0.2) is 5.13 Å². The standard InChI is InChI=1S/C34H33N3O6S/c1-6-42-33(41)31-21(3)35-34(44-31)37-28(22-11-15-25(16-12-22)36(4)5)27(30(39)32(37)40)29(38)23-13-17-26(18-14-23)43-19-24-10-8-7-9-20(24)2/h7-18,28,38H,6,19H2,1-5H3. The molecule has 1 fully saturated rings. The van der Waals surface area contributed by atoms with Crippen LogP contribution in [-0.4, -0.2) is 48.5 Å². The summed E-state index contributed by atoms with van der Waals surface area (Å²) in [5, 5.41) is 11.7. The van der Waals surface area contributed by atoms with Gasteiger partial charge in [-0.2, -0.15) is 0 Å². The van der Waals surface area contributed by atoms with Gasteiger partial charge in [-0.3, -0.25) is 14.5 Å². The van der Waals surface area contributed by atoms with Gasteiger partial charge in [0.25, 0.3) is 5.78 Å². The number of nitrogens with zero attached hydrogens (tertiary/aromatic N) is 3. The number of hydrogen-bond acceptors (Lipinski definition) is 9. The molecule has 0 bridgehead atoms. The van der Waals surface area contributed by atoms with Crippen LogP contribution in [0.15, 0.2) is 78.4 Å². The fraction of sp³-hybridized carbons (Fsp3) is 0.235. The fourth-order valence-corrected chi connectivity index (χ4v) is 5.96. The summed E-state index contributed by atoms with van der Waals surface area (Å²) in [4.78, 5) is 47.6. The van der Waals surface area contributed by atoms with E-state index in [9.17, 15) is 19.5 Å². The first-order valence-corrected chi connectivity index (χ1v) is 14.9. The van der Waals surface area contributed by atoms with Gasteiger partial charge >= 0.3 is 11.9 Å². The number of amides is 1. The number of aliphatic hydroxyl groups excluding tert-OH is 1.